The molecule has 3 N–H and O–H groups in total. The first-order chi connectivity index (χ1) is 9.72. The van der Waals surface area contributed by atoms with Gasteiger partial charge in [-0.2, -0.15) is 0 Å². The Morgan fingerprint density at radius 1 is 1.23 bits per heavy atom. The van der Waals surface area contributed by atoms with Crippen LogP contribution in [0, 0.1) is 5.92 Å². The van der Waals surface area contributed by atoms with Crippen molar-refractivity contribution in [1.82, 2.24) is 10.2 Å². The zero-order valence-corrected chi connectivity index (χ0v) is 15.1. The maximum atomic E-state index is 12.0. The number of hydrogen-bond acceptors (Lipinski definition) is 4. The molecule has 2 atom stereocenters. The summed E-state index contributed by atoms with van der Waals surface area (Å²) in [6.45, 7) is 7.09. The summed E-state index contributed by atoms with van der Waals surface area (Å²) in [5, 5.41) is 3.02. The minimum absolute atomic E-state index is 0. The molecule has 7 heteroatoms. The lowest BCUT2D eigenvalue weighted by Crippen LogP contribution is -2.38. The van der Waals surface area contributed by atoms with E-state index in [2.05, 4.69) is 17.1 Å². The molecule has 2 fully saturated rings. The van der Waals surface area contributed by atoms with E-state index in [9.17, 15) is 4.79 Å². The number of amides is 1. The molecule has 2 aliphatic rings. The molecule has 2 saturated heterocycles. The van der Waals surface area contributed by atoms with Crippen molar-refractivity contribution >= 4 is 30.7 Å². The highest BCUT2D eigenvalue weighted by atomic mass is 35.5. The number of carbonyl (C=O) groups is 1. The molecule has 2 rings (SSSR count). The summed E-state index contributed by atoms with van der Waals surface area (Å²) in [4.78, 5) is 14.5. The minimum atomic E-state index is -0.273. The van der Waals surface area contributed by atoms with Crippen LogP contribution in [0.5, 0.6) is 0 Å². The Labute approximate surface area is 146 Å². The van der Waals surface area contributed by atoms with E-state index in [1.807, 2.05) is 0 Å². The zero-order valence-electron chi connectivity index (χ0n) is 13.5. The highest BCUT2D eigenvalue weighted by molar-refractivity contribution is 5.85. The second-order valence-electron chi connectivity index (χ2n) is 6.02. The number of carbonyl (C=O) groups excluding carboxylic acids is 1. The van der Waals surface area contributed by atoms with Crippen molar-refractivity contribution in [3.8, 4) is 0 Å². The molecule has 0 aromatic heterocycles. The highest BCUT2D eigenvalue weighted by Crippen LogP contribution is 2.21. The average Bonchev–Trinajstić information content (AvgIpc) is 2.97. The van der Waals surface area contributed by atoms with Crippen molar-refractivity contribution in [2.45, 2.75) is 51.2 Å². The van der Waals surface area contributed by atoms with Crippen molar-refractivity contribution < 1.29 is 9.53 Å². The molecule has 132 valence electrons. The van der Waals surface area contributed by atoms with Gasteiger partial charge >= 0.3 is 0 Å². The van der Waals surface area contributed by atoms with Crippen molar-refractivity contribution in [1.29, 1.82) is 0 Å². The molecule has 0 radical (unpaired) electrons. The zero-order chi connectivity index (χ0) is 14.4. The third-order valence-corrected chi connectivity index (χ3v) is 4.67. The molecule has 0 saturated carbocycles. The van der Waals surface area contributed by atoms with Gasteiger partial charge in [-0.15, -0.1) is 24.8 Å². The molecule has 2 aliphatic heterocycles. The van der Waals surface area contributed by atoms with Gasteiger partial charge < -0.3 is 20.7 Å². The summed E-state index contributed by atoms with van der Waals surface area (Å²) in [6.07, 6.45) is 5.13. The molecule has 0 aromatic carbocycles. The quantitative estimate of drug-likeness (QED) is 0.758. The lowest BCUT2D eigenvalue weighted by atomic mass is 9.93. The Kier molecular flexibility index (Phi) is 11.4. The Bertz CT molecular complexity index is 313. The van der Waals surface area contributed by atoms with E-state index in [1.165, 1.54) is 25.9 Å². The second-order valence-corrected chi connectivity index (χ2v) is 6.02. The maximum Gasteiger partial charge on any atom is 0.249 e. The van der Waals surface area contributed by atoms with E-state index in [-0.39, 0.29) is 42.9 Å². The summed E-state index contributed by atoms with van der Waals surface area (Å²) in [5.74, 6) is 0.811. The van der Waals surface area contributed by atoms with Crippen molar-refractivity contribution in [2.75, 3.05) is 32.7 Å². The standard InChI is InChI=1S/C15H29N3O2.2ClH/c1-2-18-9-6-12(7-10-18)5-8-17-15(19)14-4-3-13(11-16)20-14;;/h12-14H,2-11,16H2,1H3,(H,17,19);2*1H/t13-,14+;;/m1../s1. The van der Waals surface area contributed by atoms with Crippen LogP contribution in [-0.2, 0) is 9.53 Å². The fraction of sp³-hybridized carbons (Fsp3) is 0.933. The first-order valence-electron chi connectivity index (χ1n) is 8.08. The topological polar surface area (TPSA) is 67.6 Å². The normalized spacial score (nSPS) is 26.1. The van der Waals surface area contributed by atoms with Gasteiger partial charge in [-0.25, -0.2) is 0 Å². The van der Waals surface area contributed by atoms with Crippen LogP contribution in [0.2, 0.25) is 0 Å². The van der Waals surface area contributed by atoms with E-state index in [0.717, 1.165) is 38.3 Å². The van der Waals surface area contributed by atoms with Gasteiger partial charge in [-0.1, -0.05) is 6.92 Å². The largest absolute Gasteiger partial charge is 0.364 e. The number of nitrogens with two attached hydrogens (primary N) is 1. The van der Waals surface area contributed by atoms with Crippen molar-refractivity contribution in [3.05, 3.63) is 0 Å². The monoisotopic (exact) mass is 355 g/mol. The molecular weight excluding hydrogens is 325 g/mol. The van der Waals surface area contributed by atoms with Crippen LogP contribution in [0.3, 0.4) is 0 Å². The summed E-state index contributed by atoms with van der Waals surface area (Å²) in [7, 11) is 0. The fourth-order valence-corrected chi connectivity index (χ4v) is 3.18. The van der Waals surface area contributed by atoms with E-state index in [1.54, 1.807) is 0 Å². The number of likely N-dealkylation sites (tertiary alicyclic amines) is 1. The van der Waals surface area contributed by atoms with Crippen LogP contribution in [0.4, 0.5) is 0 Å². The third kappa shape index (κ3) is 6.59. The first kappa shape index (κ1) is 21.9. The summed E-state index contributed by atoms with van der Waals surface area (Å²) >= 11 is 0. The Morgan fingerprint density at radius 3 is 2.45 bits per heavy atom. The van der Waals surface area contributed by atoms with Gasteiger partial charge in [0.15, 0.2) is 0 Å². The van der Waals surface area contributed by atoms with Crippen LogP contribution in [0.25, 0.3) is 0 Å². The number of ether oxygens (including phenoxy) is 1. The summed E-state index contributed by atoms with van der Waals surface area (Å²) in [5.41, 5.74) is 5.56. The van der Waals surface area contributed by atoms with E-state index in [4.69, 9.17) is 10.5 Å². The van der Waals surface area contributed by atoms with Gasteiger partial charge in [0.1, 0.15) is 6.10 Å². The number of nitrogens with zero attached hydrogens (tertiary/aromatic N) is 1. The molecule has 0 bridgehead atoms. The number of piperidine rings is 1. The highest BCUT2D eigenvalue weighted by Gasteiger charge is 2.29. The van der Waals surface area contributed by atoms with Crippen LogP contribution >= 0.6 is 24.8 Å². The first-order valence-corrected chi connectivity index (χ1v) is 8.08. The smallest absolute Gasteiger partial charge is 0.249 e. The molecule has 0 aliphatic carbocycles. The van der Waals surface area contributed by atoms with Crippen LogP contribution in [0.1, 0.15) is 39.0 Å². The average molecular weight is 356 g/mol. The summed E-state index contributed by atoms with van der Waals surface area (Å²) in [6, 6.07) is 0. The molecule has 0 spiro atoms. The van der Waals surface area contributed by atoms with Gasteiger partial charge in [0.25, 0.3) is 0 Å². The van der Waals surface area contributed by atoms with Crippen LogP contribution in [-0.4, -0.2) is 55.7 Å². The van der Waals surface area contributed by atoms with Crippen LogP contribution in [0.15, 0.2) is 0 Å². The van der Waals surface area contributed by atoms with Crippen molar-refractivity contribution in [2.24, 2.45) is 11.7 Å². The molecule has 22 heavy (non-hydrogen) atoms. The van der Waals surface area contributed by atoms with E-state index < -0.39 is 0 Å². The maximum absolute atomic E-state index is 12.0. The second kappa shape index (κ2) is 11.5. The molecular formula is C15H31Cl2N3O2. The molecule has 0 aromatic rings. The molecule has 5 nitrogen and oxygen atoms in total. The predicted octanol–water partition coefficient (Wildman–Crippen LogP) is 1.57. The van der Waals surface area contributed by atoms with Gasteiger partial charge in [0.2, 0.25) is 5.91 Å². The molecule has 2 heterocycles. The van der Waals surface area contributed by atoms with Gasteiger partial charge in [0, 0.05) is 13.1 Å². The third-order valence-electron chi connectivity index (χ3n) is 4.67. The number of rotatable bonds is 6. The molecule has 0 unspecified atom stereocenters. The minimum Gasteiger partial charge on any atom is -0.364 e. The van der Waals surface area contributed by atoms with Crippen molar-refractivity contribution in [3.63, 3.8) is 0 Å². The van der Waals surface area contributed by atoms with Gasteiger partial charge in [-0.3, -0.25) is 4.79 Å². The lowest BCUT2D eigenvalue weighted by molar-refractivity contribution is -0.131. The Hall–Kier alpha value is -0.0700. The van der Waals surface area contributed by atoms with E-state index in [0.29, 0.717) is 6.54 Å². The number of halogens is 2. The van der Waals surface area contributed by atoms with Gasteiger partial charge in [0.05, 0.1) is 6.10 Å². The SMILES string of the molecule is CCN1CCC(CCNC(=O)[C@@H]2CC[C@H](CN)O2)CC1.Cl.Cl. The number of nitrogens with one attached hydrogen (secondary N) is 1. The Balaban J connectivity index is 0.00000220. The Morgan fingerprint density at radius 2 is 1.91 bits per heavy atom. The lowest BCUT2D eigenvalue weighted by Gasteiger charge is -2.31. The molecule has 1 amide bonds. The van der Waals surface area contributed by atoms with Crippen LogP contribution < -0.4 is 11.1 Å². The predicted molar refractivity (Wildman–Crippen MR) is 93.9 cm³/mol. The number of hydrogen-bond donors (Lipinski definition) is 2. The van der Waals surface area contributed by atoms with E-state index >= 15 is 0 Å². The summed E-state index contributed by atoms with van der Waals surface area (Å²) < 4.78 is 5.60. The van der Waals surface area contributed by atoms with Gasteiger partial charge in [-0.05, 0) is 57.7 Å². The fourth-order valence-electron chi connectivity index (χ4n) is 3.18.